The summed E-state index contributed by atoms with van der Waals surface area (Å²) in [5, 5.41) is 5.44. The lowest BCUT2D eigenvalue weighted by Crippen LogP contribution is -2.34. The lowest BCUT2D eigenvalue weighted by Gasteiger charge is -2.21. The second-order valence-electron chi connectivity index (χ2n) is 6.95. The fourth-order valence-corrected chi connectivity index (χ4v) is 3.40. The summed E-state index contributed by atoms with van der Waals surface area (Å²) in [4.78, 5) is 38.6. The second-order valence-corrected chi connectivity index (χ2v) is 6.95. The summed E-state index contributed by atoms with van der Waals surface area (Å²) in [5.74, 6) is 0.468. The fraction of sp³-hybridized carbons (Fsp3) is 0.318. The van der Waals surface area contributed by atoms with E-state index >= 15 is 0 Å². The van der Waals surface area contributed by atoms with Gasteiger partial charge in [-0.25, -0.2) is 4.79 Å². The third-order valence-corrected chi connectivity index (χ3v) is 5.05. The monoisotopic (exact) mass is 411 g/mol. The third kappa shape index (κ3) is 4.53. The first-order chi connectivity index (χ1) is 14.4. The molecular formula is C22H25N3O5. The van der Waals surface area contributed by atoms with Gasteiger partial charge >= 0.3 is 6.03 Å². The van der Waals surface area contributed by atoms with Crippen LogP contribution in [0.15, 0.2) is 48.5 Å². The fourth-order valence-electron chi connectivity index (χ4n) is 3.40. The van der Waals surface area contributed by atoms with Crippen molar-refractivity contribution in [2.45, 2.75) is 31.8 Å². The molecule has 2 N–H and O–H groups in total. The molecule has 1 saturated heterocycles. The van der Waals surface area contributed by atoms with E-state index in [2.05, 4.69) is 10.6 Å². The zero-order valence-electron chi connectivity index (χ0n) is 17.2. The minimum Gasteiger partial charge on any atom is -0.493 e. The Morgan fingerprint density at radius 2 is 1.80 bits per heavy atom. The number of amides is 4. The first-order valence-electron chi connectivity index (χ1n) is 9.65. The Kier molecular flexibility index (Phi) is 6.56. The van der Waals surface area contributed by atoms with E-state index in [4.69, 9.17) is 9.47 Å². The molecule has 2 atom stereocenters. The number of nitrogens with zero attached hydrogens (tertiary/aromatic N) is 1. The van der Waals surface area contributed by atoms with E-state index in [1.54, 1.807) is 25.1 Å². The molecule has 0 spiro atoms. The van der Waals surface area contributed by atoms with Gasteiger partial charge in [-0.3, -0.25) is 14.5 Å². The minimum absolute atomic E-state index is 0.0819. The van der Waals surface area contributed by atoms with Crippen LogP contribution in [0, 0.1) is 0 Å². The molecule has 0 unspecified atom stereocenters. The smallest absolute Gasteiger partial charge is 0.325 e. The van der Waals surface area contributed by atoms with Gasteiger partial charge in [-0.1, -0.05) is 30.3 Å². The zero-order chi connectivity index (χ0) is 21.7. The number of benzene rings is 2. The Bertz CT molecular complexity index is 932. The third-order valence-electron chi connectivity index (χ3n) is 5.05. The largest absolute Gasteiger partial charge is 0.493 e. The molecule has 0 aliphatic carbocycles. The van der Waals surface area contributed by atoms with Crippen LogP contribution < -0.4 is 20.1 Å². The number of rotatable bonds is 8. The van der Waals surface area contributed by atoms with E-state index in [1.807, 2.05) is 30.3 Å². The number of ether oxygens (including phenoxy) is 2. The van der Waals surface area contributed by atoms with Crippen LogP contribution in [0.5, 0.6) is 11.5 Å². The topological polar surface area (TPSA) is 97.0 Å². The van der Waals surface area contributed by atoms with Crippen LogP contribution in [0.1, 0.15) is 31.4 Å². The lowest BCUT2D eigenvalue weighted by molar-refractivity contribution is -0.129. The van der Waals surface area contributed by atoms with Gasteiger partial charge in [0.05, 0.1) is 20.3 Å². The number of anilines is 1. The molecule has 1 aliphatic rings. The first kappa shape index (κ1) is 21.2. The van der Waals surface area contributed by atoms with Crippen molar-refractivity contribution in [2.24, 2.45) is 0 Å². The Morgan fingerprint density at radius 1 is 1.10 bits per heavy atom. The van der Waals surface area contributed by atoms with Crippen molar-refractivity contribution < 1.29 is 23.9 Å². The molecule has 1 fully saturated rings. The summed E-state index contributed by atoms with van der Waals surface area (Å²) in [5.41, 5.74) is 1.42. The Morgan fingerprint density at radius 3 is 2.47 bits per heavy atom. The molecule has 4 amide bonds. The molecule has 2 aromatic carbocycles. The average molecular weight is 411 g/mol. The quantitative estimate of drug-likeness (QED) is 0.651. The molecule has 8 nitrogen and oxygen atoms in total. The van der Waals surface area contributed by atoms with Gasteiger partial charge in [-0.15, -0.1) is 0 Å². The maximum Gasteiger partial charge on any atom is 0.325 e. The standard InChI is InChI=1S/C22H25N3O5/c1-14(15-7-5-4-6-8-15)25-21(27)17(24-22(25)28)10-12-20(26)23-16-9-11-18(29-2)19(13-16)30-3/h4-9,11,13-14,17H,10,12H2,1-3H3,(H,23,26)(H,24,28)/t14-,17+/m1/s1. The first-order valence-corrected chi connectivity index (χ1v) is 9.65. The van der Waals surface area contributed by atoms with Crippen LogP contribution in [0.2, 0.25) is 0 Å². The molecule has 0 bridgehead atoms. The van der Waals surface area contributed by atoms with Gasteiger partial charge < -0.3 is 20.1 Å². The van der Waals surface area contributed by atoms with Crippen LogP contribution in [0.4, 0.5) is 10.5 Å². The molecule has 2 aromatic rings. The highest BCUT2D eigenvalue weighted by atomic mass is 16.5. The van der Waals surface area contributed by atoms with Crippen LogP contribution in [-0.4, -0.2) is 43.0 Å². The predicted molar refractivity (Wildman–Crippen MR) is 111 cm³/mol. The molecule has 1 aliphatic heterocycles. The summed E-state index contributed by atoms with van der Waals surface area (Å²) in [6, 6.07) is 12.8. The molecule has 1 heterocycles. The van der Waals surface area contributed by atoms with Gasteiger partial charge in [0.15, 0.2) is 11.5 Å². The maximum absolute atomic E-state index is 12.7. The van der Waals surface area contributed by atoms with Crippen molar-refractivity contribution in [1.29, 1.82) is 0 Å². The van der Waals surface area contributed by atoms with Gasteiger partial charge in [-0.2, -0.15) is 0 Å². The highest BCUT2D eigenvalue weighted by molar-refractivity contribution is 6.05. The summed E-state index contributed by atoms with van der Waals surface area (Å²) in [7, 11) is 3.05. The lowest BCUT2D eigenvalue weighted by atomic mass is 10.1. The van der Waals surface area contributed by atoms with E-state index in [9.17, 15) is 14.4 Å². The zero-order valence-corrected chi connectivity index (χ0v) is 17.2. The molecule has 0 radical (unpaired) electrons. The highest BCUT2D eigenvalue weighted by Gasteiger charge is 2.40. The van der Waals surface area contributed by atoms with Gasteiger partial charge in [0.2, 0.25) is 5.91 Å². The number of hydrogen-bond donors (Lipinski definition) is 2. The average Bonchev–Trinajstić information content (AvgIpc) is 3.05. The molecule has 158 valence electrons. The van der Waals surface area contributed by atoms with Crippen molar-refractivity contribution in [2.75, 3.05) is 19.5 Å². The summed E-state index contributed by atoms with van der Waals surface area (Å²) >= 11 is 0. The predicted octanol–water partition coefficient (Wildman–Crippen LogP) is 3.10. The number of urea groups is 1. The molecular weight excluding hydrogens is 386 g/mol. The van der Waals surface area contributed by atoms with Crippen molar-refractivity contribution in [3.8, 4) is 11.5 Å². The van der Waals surface area contributed by atoms with Gasteiger partial charge in [-0.05, 0) is 31.0 Å². The number of methoxy groups -OCH3 is 2. The van der Waals surface area contributed by atoms with Gasteiger partial charge in [0.25, 0.3) is 5.91 Å². The van der Waals surface area contributed by atoms with Crippen LogP contribution in [0.3, 0.4) is 0 Å². The number of carbonyl (C=O) groups excluding carboxylic acids is 3. The summed E-state index contributed by atoms with van der Waals surface area (Å²) in [6.07, 6.45) is 0.292. The Hall–Kier alpha value is -3.55. The minimum atomic E-state index is -0.722. The SMILES string of the molecule is COc1ccc(NC(=O)CC[C@@H]2NC(=O)N([C@H](C)c3ccccc3)C2=O)cc1OC. The summed E-state index contributed by atoms with van der Waals surface area (Å²) < 4.78 is 10.4. The van der Waals surface area contributed by atoms with E-state index in [-0.39, 0.29) is 30.7 Å². The van der Waals surface area contributed by atoms with E-state index < -0.39 is 12.1 Å². The number of imide groups is 1. The molecule has 3 rings (SSSR count). The van der Waals surface area contributed by atoms with E-state index in [1.165, 1.54) is 19.1 Å². The normalized spacial score (nSPS) is 16.8. The van der Waals surface area contributed by atoms with E-state index in [0.717, 1.165) is 5.56 Å². The number of carbonyl (C=O) groups is 3. The summed E-state index contributed by atoms with van der Waals surface area (Å²) in [6.45, 7) is 1.80. The van der Waals surface area contributed by atoms with Gasteiger partial charge in [0, 0.05) is 18.2 Å². The number of hydrogen-bond acceptors (Lipinski definition) is 5. The molecule has 0 aromatic heterocycles. The second kappa shape index (κ2) is 9.30. The Balaban J connectivity index is 1.58. The van der Waals surface area contributed by atoms with Crippen LogP contribution in [0.25, 0.3) is 0 Å². The van der Waals surface area contributed by atoms with Crippen molar-refractivity contribution in [1.82, 2.24) is 10.2 Å². The highest BCUT2D eigenvalue weighted by Crippen LogP contribution is 2.30. The molecule has 8 heteroatoms. The van der Waals surface area contributed by atoms with Crippen molar-refractivity contribution in [3.63, 3.8) is 0 Å². The Labute approximate surface area is 175 Å². The maximum atomic E-state index is 12.7. The molecule has 30 heavy (non-hydrogen) atoms. The van der Waals surface area contributed by atoms with Crippen molar-refractivity contribution in [3.05, 3.63) is 54.1 Å². The van der Waals surface area contributed by atoms with E-state index in [0.29, 0.717) is 17.2 Å². The van der Waals surface area contributed by atoms with Crippen molar-refractivity contribution >= 4 is 23.5 Å². The van der Waals surface area contributed by atoms with Crippen LogP contribution >= 0.6 is 0 Å². The molecule has 0 saturated carbocycles. The number of nitrogens with one attached hydrogen (secondary N) is 2. The van der Waals surface area contributed by atoms with Crippen LogP contribution in [-0.2, 0) is 9.59 Å². The van der Waals surface area contributed by atoms with Gasteiger partial charge in [0.1, 0.15) is 6.04 Å².